The molecule has 8 heteroatoms. The predicted octanol–water partition coefficient (Wildman–Crippen LogP) is 5.67. The van der Waals surface area contributed by atoms with E-state index in [0.717, 1.165) is 32.1 Å². The van der Waals surface area contributed by atoms with Crippen LogP contribution >= 0.6 is 0 Å². The van der Waals surface area contributed by atoms with Crippen LogP contribution in [0.3, 0.4) is 0 Å². The van der Waals surface area contributed by atoms with Crippen molar-refractivity contribution in [2.75, 3.05) is 13.2 Å². The average Bonchev–Trinajstić information content (AvgIpc) is 2.84. The summed E-state index contributed by atoms with van der Waals surface area (Å²) in [4.78, 5) is 47.0. The minimum absolute atomic E-state index is 0.0801. The van der Waals surface area contributed by atoms with Gasteiger partial charge in [0.05, 0.1) is 6.61 Å². The second-order valence-electron chi connectivity index (χ2n) is 9.60. The topological polar surface area (TPSA) is 122 Å². The molecule has 0 fully saturated rings. The number of esters is 1. The molecular weight excluding hydrogens is 460 g/mol. The van der Waals surface area contributed by atoms with E-state index in [4.69, 9.17) is 9.84 Å². The molecule has 0 aliphatic rings. The van der Waals surface area contributed by atoms with Crippen LogP contribution in [0.4, 0.5) is 0 Å². The third-order valence-corrected chi connectivity index (χ3v) is 6.20. The van der Waals surface area contributed by atoms with Crippen molar-refractivity contribution in [3.63, 3.8) is 0 Å². The summed E-state index contributed by atoms with van der Waals surface area (Å²) in [5.41, 5.74) is 0. The van der Waals surface area contributed by atoms with Crippen LogP contribution in [0.5, 0.6) is 0 Å². The standard InChI is InChI=1S/C28H52N2O6/c1-3-5-6-7-8-9-10-11-14-20-25(31)29-23-18-17-19-24(28(35)36-4-2)30-26(32)21-15-12-13-16-22-27(33)34/h24H,3-23H2,1-2H3,(H,29,31)(H,30,32)(H,33,34). The fraction of sp³-hybridized carbons (Fsp3) is 0.857. The van der Waals surface area contributed by atoms with Crippen LogP contribution in [0.15, 0.2) is 0 Å². The van der Waals surface area contributed by atoms with Crippen LogP contribution in [0.1, 0.15) is 136 Å². The summed E-state index contributed by atoms with van der Waals surface area (Å²) in [5.74, 6) is -1.35. The number of hydrogen-bond donors (Lipinski definition) is 3. The van der Waals surface area contributed by atoms with Crippen LogP contribution in [0.25, 0.3) is 0 Å². The molecule has 8 nitrogen and oxygen atoms in total. The van der Waals surface area contributed by atoms with E-state index in [1.54, 1.807) is 6.92 Å². The number of carboxylic acid groups (broad SMARTS) is 1. The van der Waals surface area contributed by atoms with Gasteiger partial charge in [-0.1, -0.05) is 71.1 Å². The summed E-state index contributed by atoms with van der Waals surface area (Å²) >= 11 is 0. The van der Waals surface area contributed by atoms with E-state index in [9.17, 15) is 19.2 Å². The molecule has 0 aromatic heterocycles. The second kappa shape index (κ2) is 24.6. The molecule has 0 saturated carbocycles. The van der Waals surface area contributed by atoms with Gasteiger partial charge in [-0.25, -0.2) is 4.79 Å². The molecule has 2 amide bonds. The van der Waals surface area contributed by atoms with Gasteiger partial charge < -0.3 is 20.5 Å². The van der Waals surface area contributed by atoms with Gasteiger partial charge in [-0.15, -0.1) is 0 Å². The number of rotatable bonds is 25. The van der Waals surface area contributed by atoms with E-state index in [1.165, 1.54) is 44.9 Å². The lowest BCUT2D eigenvalue weighted by atomic mass is 10.1. The number of amides is 2. The van der Waals surface area contributed by atoms with Crippen molar-refractivity contribution in [3.05, 3.63) is 0 Å². The number of unbranched alkanes of at least 4 members (excludes halogenated alkanes) is 12. The summed E-state index contributed by atoms with van der Waals surface area (Å²) in [6.07, 6.45) is 16.8. The van der Waals surface area contributed by atoms with Gasteiger partial charge in [0.25, 0.3) is 0 Å². The Bertz CT molecular complexity index is 597. The largest absolute Gasteiger partial charge is 0.481 e. The van der Waals surface area contributed by atoms with E-state index < -0.39 is 18.0 Å². The molecule has 0 aliphatic carbocycles. The Hall–Kier alpha value is -2.12. The Morgan fingerprint density at radius 2 is 1.19 bits per heavy atom. The number of carboxylic acids is 1. The number of hydrogen-bond acceptors (Lipinski definition) is 5. The lowest BCUT2D eigenvalue weighted by molar-refractivity contribution is -0.147. The predicted molar refractivity (Wildman–Crippen MR) is 143 cm³/mol. The van der Waals surface area contributed by atoms with E-state index in [1.807, 2.05) is 0 Å². The van der Waals surface area contributed by atoms with Crippen molar-refractivity contribution >= 4 is 23.8 Å². The quantitative estimate of drug-likeness (QED) is 0.107. The van der Waals surface area contributed by atoms with Gasteiger partial charge in [-0.2, -0.15) is 0 Å². The molecule has 0 bridgehead atoms. The summed E-state index contributed by atoms with van der Waals surface area (Å²) in [6.45, 7) is 4.78. The van der Waals surface area contributed by atoms with Gasteiger partial charge in [0.2, 0.25) is 11.8 Å². The summed E-state index contributed by atoms with van der Waals surface area (Å²) in [5, 5.41) is 14.4. The molecule has 0 aromatic rings. The zero-order valence-corrected chi connectivity index (χ0v) is 22.9. The smallest absolute Gasteiger partial charge is 0.328 e. The second-order valence-corrected chi connectivity index (χ2v) is 9.60. The van der Waals surface area contributed by atoms with Gasteiger partial charge >= 0.3 is 11.9 Å². The third-order valence-electron chi connectivity index (χ3n) is 6.20. The van der Waals surface area contributed by atoms with Crippen molar-refractivity contribution in [2.24, 2.45) is 0 Å². The van der Waals surface area contributed by atoms with E-state index in [-0.39, 0.29) is 24.8 Å². The molecule has 210 valence electrons. The van der Waals surface area contributed by atoms with Crippen molar-refractivity contribution in [2.45, 2.75) is 142 Å². The lowest BCUT2D eigenvalue weighted by Gasteiger charge is -2.17. The van der Waals surface area contributed by atoms with Crippen LogP contribution in [0, 0.1) is 0 Å². The zero-order valence-electron chi connectivity index (χ0n) is 22.9. The highest BCUT2D eigenvalue weighted by molar-refractivity contribution is 5.84. The molecule has 1 unspecified atom stereocenters. The summed E-state index contributed by atoms with van der Waals surface area (Å²) in [7, 11) is 0. The Balaban J connectivity index is 3.94. The Kier molecular flexibility index (Phi) is 23.1. The highest BCUT2D eigenvalue weighted by atomic mass is 16.5. The minimum atomic E-state index is -0.802. The Morgan fingerprint density at radius 1 is 0.667 bits per heavy atom. The van der Waals surface area contributed by atoms with Crippen molar-refractivity contribution < 1.29 is 29.0 Å². The van der Waals surface area contributed by atoms with Crippen LogP contribution in [0.2, 0.25) is 0 Å². The number of nitrogens with one attached hydrogen (secondary N) is 2. The molecule has 0 rings (SSSR count). The first kappa shape index (κ1) is 33.9. The Labute approximate surface area is 218 Å². The fourth-order valence-corrected chi connectivity index (χ4v) is 4.06. The zero-order chi connectivity index (χ0) is 26.9. The number of carbonyl (C=O) groups excluding carboxylic acids is 3. The Morgan fingerprint density at radius 3 is 1.75 bits per heavy atom. The third kappa shape index (κ3) is 22.4. The lowest BCUT2D eigenvalue weighted by Crippen LogP contribution is -2.41. The van der Waals surface area contributed by atoms with Crippen LogP contribution in [-0.2, 0) is 23.9 Å². The van der Waals surface area contributed by atoms with Gasteiger partial charge in [0, 0.05) is 25.8 Å². The van der Waals surface area contributed by atoms with Crippen molar-refractivity contribution in [1.29, 1.82) is 0 Å². The number of ether oxygens (including phenoxy) is 1. The molecule has 0 heterocycles. The molecule has 0 radical (unpaired) electrons. The summed E-state index contributed by atoms with van der Waals surface area (Å²) < 4.78 is 5.10. The first-order valence-corrected chi connectivity index (χ1v) is 14.3. The monoisotopic (exact) mass is 512 g/mol. The maximum Gasteiger partial charge on any atom is 0.328 e. The van der Waals surface area contributed by atoms with E-state index >= 15 is 0 Å². The van der Waals surface area contributed by atoms with Crippen molar-refractivity contribution in [3.8, 4) is 0 Å². The molecule has 36 heavy (non-hydrogen) atoms. The molecule has 0 spiro atoms. The van der Waals surface area contributed by atoms with Gasteiger partial charge in [0.15, 0.2) is 0 Å². The maximum atomic E-state index is 12.2. The normalized spacial score (nSPS) is 11.6. The maximum absolute atomic E-state index is 12.2. The first-order chi connectivity index (χ1) is 17.4. The molecule has 1 atom stereocenters. The van der Waals surface area contributed by atoms with E-state index in [0.29, 0.717) is 45.1 Å². The SMILES string of the molecule is CCCCCCCCCCCC(=O)NCCCCC(NC(=O)CCCCCCC(=O)O)C(=O)OCC. The van der Waals surface area contributed by atoms with E-state index in [2.05, 4.69) is 17.6 Å². The summed E-state index contributed by atoms with van der Waals surface area (Å²) in [6, 6.07) is -0.679. The van der Waals surface area contributed by atoms with Crippen molar-refractivity contribution in [1.82, 2.24) is 10.6 Å². The molecule has 0 saturated heterocycles. The highest BCUT2D eigenvalue weighted by Gasteiger charge is 2.21. The molecule has 0 aromatic carbocycles. The minimum Gasteiger partial charge on any atom is -0.481 e. The molecule has 3 N–H and O–H groups in total. The van der Waals surface area contributed by atoms with Gasteiger partial charge in [0.1, 0.15) is 6.04 Å². The molecular formula is C28H52N2O6. The average molecular weight is 513 g/mol. The number of aliphatic carboxylic acids is 1. The number of carbonyl (C=O) groups is 4. The van der Waals surface area contributed by atoms with Crippen LogP contribution < -0.4 is 10.6 Å². The highest BCUT2D eigenvalue weighted by Crippen LogP contribution is 2.11. The fourth-order valence-electron chi connectivity index (χ4n) is 4.06. The van der Waals surface area contributed by atoms with Crippen LogP contribution in [-0.4, -0.2) is 48.1 Å². The first-order valence-electron chi connectivity index (χ1n) is 14.3. The van der Waals surface area contributed by atoms with Gasteiger partial charge in [-0.3, -0.25) is 14.4 Å². The van der Waals surface area contributed by atoms with Gasteiger partial charge in [-0.05, 0) is 45.4 Å². The molecule has 0 aliphatic heterocycles.